The topological polar surface area (TPSA) is 21.1 Å². The molecule has 0 unspecified atom stereocenters. The molecule has 0 amide bonds. The van der Waals surface area contributed by atoms with E-state index < -0.39 is 12.7 Å². The number of hydrogen-bond donors (Lipinski definition) is 0. The summed E-state index contributed by atoms with van der Waals surface area (Å²) in [5, 5.41) is 4.62. The molecule has 0 aliphatic carbocycles. The molecular weight excluding hydrogens is 302 g/mol. The van der Waals surface area contributed by atoms with E-state index in [-0.39, 0.29) is 19.0 Å². The Hall–Kier alpha value is -0.460. The number of hydrogen-bond acceptors (Lipinski definition) is 2. The molecule has 0 bridgehead atoms. The van der Waals surface area contributed by atoms with E-state index in [2.05, 4.69) is 5.10 Å². The molecule has 19 heavy (non-hydrogen) atoms. The minimum absolute atomic E-state index is 0.0779. The minimum atomic E-state index is -4.26. The molecule has 0 saturated carbocycles. The van der Waals surface area contributed by atoms with Gasteiger partial charge in [0.25, 0.3) is 0 Å². The second-order valence-electron chi connectivity index (χ2n) is 4.20. The van der Waals surface area contributed by atoms with Crippen LogP contribution >= 0.6 is 23.2 Å². The predicted octanol–water partition coefficient (Wildman–Crippen LogP) is 3.24. The highest BCUT2D eigenvalue weighted by atomic mass is 35.5. The smallest absolute Gasteiger partial charge is 0.288 e. The first-order chi connectivity index (χ1) is 8.78. The first kappa shape index (κ1) is 16.6. The van der Waals surface area contributed by atoms with Crippen molar-refractivity contribution in [2.24, 2.45) is 7.05 Å². The fraction of sp³-hybridized carbons (Fsp3) is 0.727. The molecule has 110 valence electrons. The van der Waals surface area contributed by atoms with Gasteiger partial charge in [-0.1, -0.05) is 18.5 Å². The molecule has 0 atom stereocenters. The molecule has 1 aromatic rings. The fourth-order valence-corrected chi connectivity index (χ4v) is 2.38. The van der Waals surface area contributed by atoms with Crippen molar-refractivity contribution in [2.45, 2.75) is 26.1 Å². The van der Waals surface area contributed by atoms with Crippen LogP contribution in [0.1, 0.15) is 18.3 Å². The number of aryl methyl sites for hydroxylation is 2. The molecule has 0 radical (unpaired) electrons. The average molecular weight is 318 g/mol. The third-order valence-corrected chi connectivity index (χ3v) is 3.29. The summed E-state index contributed by atoms with van der Waals surface area (Å²) in [5.41, 5.74) is 1.27. The van der Waals surface area contributed by atoms with Crippen LogP contribution in [0.2, 0.25) is 5.02 Å². The van der Waals surface area contributed by atoms with Crippen LogP contribution in [-0.4, -0.2) is 39.8 Å². The van der Waals surface area contributed by atoms with Gasteiger partial charge in [-0.25, -0.2) is 0 Å². The highest BCUT2D eigenvalue weighted by Crippen LogP contribution is 2.24. The second-order valence-corrected chi connectivity index (χ2v) is 4.96. The van der Waals surface area contributed by atoms with Crippen LogP contribution in [0.5, 0.6) is 0 Å². The van der Waals surface area contributed by atoms with Gasteiger partial charge in [0.05, 0.1) is 23.0 Å². The zero-order valence-electron chi connectivity index (χ0n) is 10.8. The zero-order valence-corrected chi connectivity index (χ0v) is 12.3. The lowest BCUT2D eigenvalue weighted by Gasteiger charge is -2.22. The molecule has 8 heteroatoms. The number of nitrogens with zero attached hydrogens (tertiary/aromatic N) is 3. The van der Waals surface area contributed by atoms with Crippen LogP contribution < -0.4 is 0 Å². The maximum atomic E-state index is 12.5. The molecule has 0 aliphatic heterocycles. The summed E-state index contributed by atoms with van der Waals surface area (Å²) in [6, 6.07) is 0. The van der Waals surface area contributed by atoms with Gasteiger partial charge >= 0.3 is 6.18 Å². The lowest BCUT2D eigenvalue weighted by Crippen LogP contribution is -2.35. The predicted molar refractivity (Wildman–Crippen MR) is 69.6 cm³/mol. The second kappa shape index (κ2) is 6.81. The van der Waals surface area contributed by atoms with Crippen molar-refractivity contribution in [2.75, 3.05) is 19.0 Å². The Bertz CT molecular complexity index is 418. The van der Waals surface area contributed by atoms with Crippen LogP contribution in [0.15, 0.2) is 0 Å². The van der Waals surface area contributed by atoms with E-state index in [1.165, 1.54) is 9.58 Å². The largest absolute Gasteiger partial charge is 0.401 e. The quantitative estimate of drug-likeness (QED) is 0.751. The van der Waals surface area contributed by atoms with E-state index in [9.17, 15) is 13.2 Å². The van der Waals surface area contributed by atoms with Crippen molar-refractivity contribution in [3.05, 3.63) is 16.4 Å². The third-order valence-electron chi connectivity index (χ3n) is 2.68. The SMILES string of the molecule is CCc1nn(C)c(CN(CCCl)CC(F)(F)F)c1Cl. The van der Waals surface area contributed by atoms with Gasteiger partial charge in [-0.2, -0.15) is 18.3 Å². The van der Waals surface area contributed by atoms with E-state index in [4.69, 9.17) is 23.2 Å². The Balaban J connectivity index is 2.87. The third kappa shape index (κ3) is 4.85. The lowest BCUT2D eigenvalue weighted by molar-refractivity contribution is -0.146. The molecule has 0 saturated heterocycles. The molecule has 1 aromatic heterocycles. The van der Waals surface area contributed by atoms with Gasteiger partial charge in [0, 0.05) is 26.0 Å². The van der Waals surface area contributed by atoms with Crippen molar-refractivity contribution in [3.63, 3.8) is 0 Å². The highest BCUT2D eigenvalue weighted by Gasteiger charge is 2.31. The molecule has 1 rings (SSSR count). The maximum Gasteiger partial charge on any atom is 0.401 e. The monoisotopic (exact) mass is 317 g/mol. The summed E-state index contributed by atoms with van der Waals surface area (Å²) in [5.74, 6) is 0.131. The fourth-order valence-electron chi connectivity index (χ4n) is 1.79. The molecule has 0 fully saturated rings. The van der Waals surface area contributed by atoms with Crippen LogP contribution in [0, 0.1) is 0 Å². The molecule has 0 aromatic carbocycles. The van der Waals surface area contributed by atoms with Gasteiger partial charge < -0.3 is 0 Å². The number of aromatic nitrogens is 2. The molecule has 3 nitrogen and oxygen atoms in total. The van der Waals surface area contributed by atoms with Crippen LogP contribution in [0.25, 0.3) is 0 Å². The van der Waals surface area contributed by atoms with Gasteiger partial charge in [0.15, 0.2) is 0 Å². The standard InChI is InChI=1S/C11H16Cl2F3N3/c1-3-8-10(13)9(18(2)17-8)6-19(5-4-12)7-11(14,15)16/h3-7H2,1-2H3. The Morgan fingerprint density at radius 1 is 1.37 bits per heavy atom. The Morgan fingerprint density at radius 3 is 2.42 bits per heavy atom. The zero-order chi connectivity index (χ0) is 14.6. The Labute approximate surface area is 120 Å². The van der Waals surface area contributed by atoms with Crippen LogP contribution in [-0.2, 0) is 20.0 Å². The van der Waals surface area contributed by atoms with Gasteiger partial charge in [0.2, 0.25) is 0 Å². The first-order valence-electron chi connectivity index (χ1n) is 5.83. The molecule has 1 heterocycles. The van der Waals surface area contributed by atoms with Gasteiger partial charge in [-0.15, -0.1) is 11.6 Å². The molecule has 0 aliphatic rings. The summed E-state index contributed by atoms with van der Waals surface area (Å²) >= 11 is 11.7. The average Bonchev–Trinajstić information content (AvgIpc) is 2.54. The Morgan fingerprint density at radius 2 is 2.00 bits per heavy atom. The molecular formula is C11H16Cl2F3N3. The maximum absolute atomic E-state index is 12.5. The lowest BCUT2D eigenvalue weighted by atomic mass is 10.3. The summed E-state index contributed by atoms with van der Waals surface area (Å²) < 4.78 is 38.9. The normalized spacial score (nSPS) is 12.4. The van der Waals surface area contributed by atoms with Gasteiger partial charge in [-0.3, -0.25) is 9.58 Å². The van der Waals surface area contributed by atoms with E-state index in [1.807, 2.05) is 6.92 Å². The summed E-state index contributed by atoms with van der Waals surface area (Å²) in [4.78, 5) is 1.22. The van der Waals surface area contributed by atoms with Crippen molar-refractivity contribution in [1.82, 2.24) is 14.7 Å². The number of alkyl halides is 4. The van der Waals surface area contributed by atoms with Crippen molar-refractivity contribution >= 4 is 23.2 Å². The number of halogens is 5. The molecule has 0 N–H and O–H groups in total. The van der Waals surface area contributed by atoms with E-state index in [0.29, 0.717) is 22.8 Å². The van der Waals surface area contributed by atoms with E-state index in [0.717, 1.165) is 0 Å². The first-order valence-corrected chi connectivity index (χ1v) is 6.75. The summed E-state index contributed by atoms with van der Waals surface area (Å²) in [6.45, 7) is 1.10. The van der Waals surface area contributed by atoms with Crippen molar-refractivity contribution in [1.29, 1.82) is 0 Å². The van der Waals surface area contributed by atoms with Gasteiger partial charge in [0.1, 0.15) is 0 Å². The van der Waals surface area contributed by atoms with Crippen molar-refractivity contribution in [3.8, 4) is 0 Å². The molecule has 0 spiro atoms. The summed E-state index contributed by atoms with van der Waals surface area (Å²) in [6.07, 6.45) is -3.62. The van der Waals surface area contributed by atoms with E-state index >= 15 is 0 Å². The van der Waals surface area contributed by atoms with Crippen LogP contribution in [0.3, 0.4) is 0 Å². The Kier molecular flexibility index (Phi) is 5.95. The number of rotatable bonds is 6. The van der Waals surface area contributed by atoms with Crippen LogP contribution in [0.4, 0.5) is 13.2 Å². The summed E-state index contributed by atoms with van der Waals surface area (Å²) in [7, 11) is 1.67. The van der Waals surface area contributed by atoms with Gasteiger partial charge in [-0.05, 0) is 6.42 Å². The van der Waals surface area contributed by atoms with E-state index in [1.54, 1.807) is 7.05 Å². The highest BCUT2D eigenvalue weighted by molar-refractivity contribution is 6.31. The van der Waals surface area contributed by atoms with Crippen molar-refractivity contribution < 1.29 is 13.2 Å². The minimum Gasteiger partial charge on any atom is -0.288 e.